The molecule has 0 unspecified atom stereocenters. The largest absolute Gasteiger partial charge is 0.342 e. The van der Waals surface area contributed by atoms with Gasteiger partial charge in [0, 0.05) is 47.4 Å². The Bertz CT molecular complexity index is 1100. The minimum atomic E-state index is -0.221. The van der Waals surface area contributed by atoms with Crippen LogP contribution in [-0.2, 0) is 4.79 Å². The summed E-state index contributed by atoms with van der Waals surface area (Å²) in [7, 11) is 0. The fourth-order valence-electron chi connectivity index (χ4n) is 5.01. The van der Waals surface area contributed by atoms with Gasteiger partial charge < -0.3 is 10.2 Å². The summed E-state index contributed by atoms with van der Waals surface area (Å²) in [5.74, 6) is 1.14. The number of anilines is 1. The minimum absolute atomic E-state index is 0.0609. The van der Waals surface area contributed by atoms with Crippen molar-refractivity contribution in [1.29, 1.82) is 5.26 Å². The number of carbonyl (C=O) groups is 2. The molecule has 0 bridgehead atoms. The van der Waals surface area contributed by atoms with Crippen LogP contribution in [0.2, 0.25) is 0 Å². The lowest BCUT2D eigenvalue weighted by atomic mass is 9.96. The maximum atomic E-state index is 13.1. The van der Waals surface area contributed by atoms with E-state index in [-0.39, 0.29) is 28.6 Å². The second-order valence-electron chi connectivity index (χ2n) is 10.3. The quantitative estimate of drug-likeness (QED) is 0.387. The third-order valence-electron chi connectivity index (χ3n) is 7.78. The molecule has 180 valence electrons. The Kier molecular flexibility index (Phi) is 7.07. The number of nitrogens with one attached hydrogen (secondary N) is 1. The molecule has 2 aromatic rings. The molecule has 1 aliphatic heterocycles. The van der Waals surface area contributed by atoms with E-state index in [1.165, 1.54) is 11.3 Å². The summed E-state index contributed by atoms with van der Waals surface area (Å²) in [4.78, 5) is 33.5. The van der Waals surface area contributed by atoms with Gasteiger partial charge in [-0.3, -0.25) is 9.59 Å². The van der Waals surface area contributed by atoms with Gasteiger partial charge in [-0.05, 0) is 35.8 Å². The normalized spacial score (nSPS) is 19.4. The van der Waals surface area contributed by atoms with Crippen molar-refractivity contribution < 1.29 is 9.59 Å². The predicted octanol–water partition coefficient (Wildman–Crippen LogP) is 5.79. The molecule has 2 heterocycles. The highest BCUT2D eigenvalue weighted by Crippen LogP contribution is 2.68. The van der Waals surface area contributed by atoms with Crippen LogP contribution in [0.4, 0.5) is 5.69 Å². The minimum Gasteiger partial charge on any atom is -0.342 e. The molecule has 2 amide bonds. The average Bonchev–Trinajstić information content (AvgIpc) is 3.14. The average molecular weight is 497 g/mol. The summed E-state index contributed by atoms with van der Waals surface area (Å²) < 4.78 is 0. The molecule has 4 rings (SSSR count). The van der Waals surface area contributed by atoms with Gasteiger partial charge in [0.2, 0.25) is 5.91 Å². The number of piperidine rings is 1. The first-order valence-corrected chi connectivity index (χ1v) is 13.7. The fraction of sp³-hybridized carbons (Fsp3) is 0.538. The highest BCUT2D eigenvalue weighted by atomic mass is 32.2. The van der Waals surface area contributed by atoms with Crippen molar-refractivity contribution in [2.24, 2.45) is 16.7 Å². The number of thiazole rings is 1. The molecule has 1 saturated carbocycles. The van der Waals surface area contributed by atoms with Crippen molar-refractivity contribution in [3.05, 3.63) is 40.3 Å². The zero-order valence-electron chi connectivity index (χ0n) is 20.3. The number of hydrogen-bond donors (Lipinski definition) is 1. The number of likely N-dealkylation sites (tertiary alicyclic amines) is 1. The van der Waals surface area contributed by atoms with Crippen LogP contribution in [0, 0.1) is 28.1 Å². The molecule has 1 N–H and O–H groups in total. The van der Waals surface area contributed by atoms with Crippen molar-refractivity contribution in [3.63, 3.8) is 0 Å². The lowest BCUT2D eigenvalue weighted by molar-refractivity contribution is -0.134. The summed E-state index contributed by atoms with van der Waals surface area (Å²) in [6, 6.07) is 9.77. The van der Waals surface area contributed by atoms with Gasteiger partial charge in [-0.1, -0.05) is 39.8 Å². The van der Waals surface area contributed by atoms with E-state index in [1.54, 1.807) is 11.8 Å². The van der Waals surface area contributed by atoms with Crippen LogP contribution in [-0.4, -0.2) is 40.5 Å². The zero-order valence-corrected chi connectivity index (χ0v) is 21.9. The van der Waals surface area contributed by atoms with Crippen LogP contribution in [0.1, 0.15) is 68.4 Å². The number of para-hydroxylation sites is 1. The maximum absolute atomic E-state index is 13.1. The molecule has 2 fully saturated rings. The molecule has 1 aliphatic carbocycles. The standard InChI is InChI=1S/C26H32N4O2S2/c1-25(2)21(26(25,3)4)24(32)30-13-10-17(11-14-30)23-29-19(16-34-23)22(31)28-18-8-5-6-9-20(18)33-15-7-12-27/h5-6,8-9,16-17,21H,7,10-11,13-15H2,1-4H3,(H,28,31). The zero-order chi connectivity index (χ0) is 24.5. The Morgan fingerprint density at radius 3 is 2.53 bits per heavy atom. The Morgan fingerprint density at radius 2 is 1.88 bits per heavy atom. The third kappa shape index (κ3) is 4.73. The van der Waals surface area contributed by atoms with E-state index in [9.17, 15) is 9.59 Å². The molecule has 2 aliphatic rings. The number of hydrogen-bond acceptors (Lipinski definition) is 6. The van der Waals surface area contributed by atoms with Crippen LogP contribution < -0.4 is 5.32 Å². The van der Waals surface area contributed by atoms with E-state index in [0.717, 1.165) is 41.5 Å². The van der Waals surface area contributed by atoms with Gasteiger partial charge in [0.15, 0.2) is 0 Å². The van der Waals surface area contributed by atoms with Crippen LogP contribution in [0.5, 0.6) is 0 Å². The van der Waals surface area contributed by atoms with Crippen molar-refractivity contribution in [2.75, 3.05) is 24.2 Å². The summed E-state index contributed by atoms with van der Waals surface area (Å²) in [5.41, 5.74) is 1.29. The molecule has 0 spiro atoms. The topological polar surface area (TPSA) is 86.1 Å². The van der Waals surface area contributed by atoms with Crippen molar-refractivity contribution in [1.82, 2.24) is 9.88 Å². The van der Waals surface area contributed by atoms with Crippen LogP contribution in [0.15, 0.2) is 34.5 Å². The van der Waals surface area contributed by atoms with Crippen LogP contribution >= 0.6 is 23.1 Å². The second-order valence-corrected chi connectivity index (χ2v) is 12.3. The Morgan fingerprint density at radius 1 is 1.21 bits per heavy atom. The van der Waals surface area contributed by atoms with Gasteiger partial charge >= 0.3 is 0 Å². The van der Waals surface area contributed by atoms with Gasteiger partial charge in [0.1, 0.15) is 5.69 Å². The SMILES string of the molecule is CC1(C)C(C(=O)N2CCC(c3nc(C(=O)Nc4ccccc4SCCC#N)cs3)CC2)C1(C)C. The highest BCUT2D eigenvalue weighted by molar-refractivity contribution is 7.99. The van der Waals surface area contributed by atoms with Crippen LogP contribution in [0.25, 0.3) is 0 Å². The third-order valence-corrected chi connectivity index (χ3v) is 9.87. The van der Waals surface area contributed by atoms with Crippen molar-refractivity contribution in [2.45, 2.75) is 57.8 Å². The predicted molar refractivity (Wildman–Crippen MR) is 137 cm³/mol. The number of rotatable bonds is 7. The Labute approximate surface area is 210 Å². The van der Waals surface area contributed by atoms with E-state index in [2.05, 4.69) is 44.1 Å². The number of carbonyl (C=O) groups excluding carboxylic acids is 2. The molecule has 34 heavy (non-hydrogen) atoms. The second kappa shape index (κ2) is 9.71. The maximum Gasteiger partial charge on any atom is 0.275 e. The fourth-order valence-corrected chi connectivity index (χ4v) is 6.85. The first kappa shape index (κ1) is 24.7. The van der Waals surface area contributed by atoms with E-state index >= 15 is 0 Å². The van der Waals surface area contributed by atoms with Gasteiger partial charge in [0.05, 0.1) is 16.8 Å². The number of benzene rings is 1. The number of nitriles is 1. The molecule has 1 saturated heterocycles. The molecule has 6 nitrogen and oxygen atoms in total. The molecular weight excluding hydrogens is 464 g/mol. The van der Waals surface area contributed by atoms with Gasteiger partial charge in [0.25, 0.3) is 5.91 Å². The summed E-state index contributed by atoms with van der Waals surface area (Å²) in [6.07, 6.45) is 2.22. The smallest absolute Gasteiger partial charge is 0.275 e. The molecule has 1 aromatic heterocycles. The number of thioether (sulfide) groups is 1. The monoisotopic (exact) mass is 496 g/mol. The number of aromatic nitrogens is 1. The Balaban J connectivity index is 1.34. The van der Waals surface area contributed by atoms with E-state index in [1.807, 2.05) is 34.5 Å². The lowest BCUT2D eigenvalue weighted by Gasteiger charge is -2.31. The highest BCUT2D eigenvalue weighted by Gasteiger charge is 2.68. The van der Waals surface area contributed by atoms with E-state index < -0.39 is 0 Å². The van der Waals surface area contributed by atoms with Gasteiger partial charge in [-0.2, -0.15) is 5.26 Å². The molecule has 0 atom stereocenters. The first-order chi connectivity index (χ1) is 16.2. The molecule has 0 radical (unpaired) electrons. The lowest BCUT2D eigenvalue weighted by Crippen LogP contribution is -2.39. The molecule has 8 heteroatoms. The van der Waals surface area contributed by atoms with Crippen molar-refractivity contribution in [3.8, 4) is 6.07 Å². The van der Waals surface area contributed by atoms with Gasteiger partial charge in [-0.25, -0.2) is 4.98 Å². The van der Waals surface area contributed by atoms with E-state index in [0.29, 0.717) is 23.8 Å². The van der Waals surface area contributed by atoms with Crippen molar-refractivity contribution >= 4 is 40.6 Å². The first-order valence-electron chi connectivity index (χ1n) is 11.8. The Hall–Kier alpha value is -2.37. The molecular formula is C26H32N4O2S2. The van der Waals surface area contributed by atoms with Crippen LogP contribution in [0.3, 0.4) is 0 Å². The van der Waals surface area contributed by atoms with E-state index in [4.69, 9.17) is 5.26 Å². The summed E-state index contributed by atoms with van der Waals surface area (Å²) in [6.45, 7) is 10.3. The summed E-state index contributed by atoms with van der Waals surface area (Å²) >= 11 is 3.09. The molecule has 1 aromatic carbocycles. The number of nitrogens with zero attached hydrogens (tertiary/aromatic N) is 3. The summed E-state index contributed by atoms with van der Waals surface area (Å²) in [5, 5.41) is 14.5. The number of amides is 2. The van der Waals surface area contributed by atoms with Gasteiger partial charge in [-0.15, -0.1) is 23.1 Å².